The molecule has 0 aliphatic carbocycles. The third-order valence-electron chi connectivity index (χ3n) is 1.48. The zero-order chi connectivity index (χ0) is 10.9. The summed E-state index contributed by atoms with van der Waals surface area (Å²) in [6, 6.07) is 2.17. The average molecular weight is 259 g/mol. The van der Waals surface area contributed by atoms with Gasteiger partial charge in [-0.3, -0.25) is 0 Å². The monoisotopic (exact) mass is 258 g/mol. The van der Waals surface area contributed by atoms with Crippen molar-refractivity contribution < 1.29 is 17.5 Å². The van der Waals surface area contributed by atoms with Crippen LogP contribution < -0.4 is 4.74 Å². The lowest BCUT2D eigenvalue weighted by atomic mass is 10.3. The zero-order valence-corrected chi connectivity index (χ0v) is 9.25. The maximum absolute atomic E-state index is 13.4. The molecule has 1 rings (SSSR count). The van der Waals surface area contributed by atoms with Crippen molar-refractivity contribution in [2.75, 3.05) is 7.11 Å². The second kappa shape index (κ2) is 3.92. The van der Waals surface area contributed by atoms with Gasteiger partial charge in [0.15, 0.2) is 11.6 Å². The summed E-state index contributed by atoms with van der Waals surface area (Å²) < 4.78 is 39.7. The number of ether oxygens (including phenoxy) is 1. The number of hydrogen-bond acceptors (Lipinski definition) is 3. The first-order valence-electron chi connectivity index (χ1n) is 3.34. The predicted octanol–water partition coefficient (Wildman–Crippen LogP) is 2.42. The Morgan fingerprint density at radius 2 is 2.00 bits per heavy atom. The lowest BCUT2D eigenvalue weighted by Crippen LogP contribution is -1.98. The lowest BCUT2D eigenvalue weighted by Gasteiger charge is -2.06. The SMILES string of the molecule is COc1c(Cl)ccc(S(=O)(=O)Cl)c1F. The van der Waals surface area contributed by atoms with Crippen LogP contribution in [0.25, 0.3) is 0 Å². The molecule has 14 heavy (non-hydrogen) atoms. The molecule has 0 radical (unpaired) electrons. The van der Waals surface area contributed by atoms with Gasteiger partial charge in [0, 0.05) is 10.7 Å². The molecule has 0 heterocycles. The van der Waals surface area contributed by atoms with Gasteiger partial charge in [-0.25, -0.2) is 12.8 Å². The van der Waals surface area contributed by atoms with E-state index in [2.05, 4.69) is 4.74 Å². The second-order valence-corrected chi connectivity index (χ2v) is 5.27. The highest BCUT2D eigenvalue weighted by atomic mass is 35.7. The fraction of sp³-hybridized carbons (Fsp3) is 0.143. The van der Waals surface area contributed by atoms with Crippen LogP contribution in [0.1, 0.15) is 0 Å². The molecule has 3 nitrogen and oxygen atoms in total. The normalized spacial score (nSPS) is 11.4. The molecule has 0 bridgehead atoms. The molecule has 1 aromatic rings. The molecule has 0 amide bonds. The van der Waals surface area contributed by atoms with E-state index in [1.165, 1.54) is 13.2 Å². The summed E-state index contributed by atoms with van der Waals surface area (Å²) in [5, 5.41) is -0.0194. The summed E-state index contributed by atoms with van der Waals surface area (Å²) in [4.78, 5) is -0.652. The Kier molecular flexibility index (Phi) is 3.24. The van der Waals surface area contributed by atoms with Crippen LogP contribution >= 0.6 is 22.3 Å². The number of hydrogen-bond donors (Lipinski definition) is 0. The minimum Gasteiger partial charge on any atom is -0.492 e. The van der Waals surface area contributed by atoms with E-state index in [0.29, 0.717) is 0 Å². The molecule has 0 aliphatic heterocycles. The highest BCUT2D eigenvalue weighted by molar-refractivity contribution is 8.13. The lowest BCUT2D eigenvalue weighted by molar-refractivity contribution is 0.381. The van der Waals surface area contributed by atoms with Crippen molar-refractivity contribution in [2.24, 2.45) is 0 Å². The Balaban J connectivity index is 3.52. The van der Waals surface area contributed by atoms with Crippen molar-refractivity contribution in [3.8, 4) is 5.75 Å². The van der Waals surface area contributed by atoms with Gasteiger partial charge in [-0.15, -0.1) is 0 Å². The maximum atomic E-state index is 13.4. The Morgan fingerprint density at radius 1 is 1.43 bits per heavy atom. The molecule has 0 saturated heterocycles. The van der Waals surface area contributed by atoms with Crippen LogP contribution in [0.15, 0.2) is 17.0 Å². The van der Waals surface area contributed by atoms with Crippen LogP contribution in [0.2, 0.25) is 5.02 Å². The van der Waals surface area contributed by atoms with Gasteiger partial charge in [0.25, 0.3) is 9.05 Å². The van der Waals surface area contributed by atoms with E-state index >= 15 is 0 Å². The Bertz CT molecular complexity index is 458. The second-order valence-electron chi connectivity index (χ2n) is 2.33. The highest BCUT2D eigenvalue weighted by Crippen LogP contribution is 2.32. The molecule has 0 aliphatic rings. The number of benzene rings is 1. The molecular formula is C7H5Cl2FO3S. The van der Waals surface area contributed by atoms with Crippen LogP contribution in [0.3, 0.4) is 0 Å². The number of methoxy groups -OCH3 is 1. The Hall–Kier alpha value is -0.520. The summed E-state index contributed by atoms with van der Waals surface area (Å²) in [6.07, 6.45) is 0. The van der Waals surface area contributed by atoms with E-state index in [-0.39, 0.29) is 10.8 Å². The van der Waals surface area contributed by atoms with Crippen molar-refractivity contribution >= 4 is 31.3 Å². The molecule has 78 valence electrons. The minimum atomic E-state index is -4.12. The summed E-state index contributed by atoms with van der Waals surface area (Å²) in [7, 11) is 2.03. The topological polar surface area (TPSA) is 43.4 Å². The molecule has 1 aromatic carbocycles. The molecule has 7 heteroatoms. The van der Waals surface area contributed by atoms with Gasteiger partial charge in [-0.2, -0.15) is 0 Å². The maximum Gasteiger partial charge on any atom is 0.264 e. The quantitative estimate of drug-likeness (QED) is 0.766. The Labute approximate surface area is 89.8 Å². The van der Waals surface area contributed by atoms with E-state index in [1.54, 1.807) is 0 Å². The highest BCUT2D eigenvalue weighted by Gasteiger charge is 2.21. The molecule has 0 spiro atoms. The van der Waals surface area contributed by atoms with E-state index in [1.807, 2.05) is 0 Å². The largest absolute Gasteiger partial charge is 0.492 e. The fourth-order valence-electron chi connectivity index (χ4n) is 0.890. The van der Waals surface area contributed by atoms with Gasteiger partial charge in [-0.1, -0.05) is 11.6 Å². The van der Waals surface area contributed by atoms with Gasteiger partial charge in [0.1, 0.15) is 4.90 Å². The van der Waals surface area contributed by atoms with Crippen molar-refractivity contribution in [3.05, 3.63) is 23.0 Å². The summed E-state index contributed by atoms with van der Waals surface area (Å²) in [5.74, 6) is -1.43. The molecular weight excluding hydrogens is 254 g/mol. The molecule has 0 N–H and O–H groups in total. The molecule has 0 atom stereocenters. The summed E-state index contributed by atoms with van der Waals surface area (Å²) >= 11 is 5.55. The van der Waals surface area contributed by atoms with Crippen molar-refractivity contribution in [3.63, 3.8) is 0 Å². The third kappa shape index (κ3) is 2.10. The molecule has 0 fully saturated rings. The van der Waals surface area contributed by atoms with E-state index in [0.717, 1.165) is 6.07 Å². The van der Waals surface area contributed by atoms with Crippen LogP contribution in [0.5, 0.6) is 5.75 Å². The van der Waals surface area contributed by atoms with Crippen molar-refractivity contribution in [2.45, 2.75) is 4.90 Å². The minimum absolute atomic E-state index is 0.0194. The zero-order valence-electron chi connectivity index (χ0n) is 6.92. The van der Waals surface area contributed by atoms with Crippen LogP contribution in [0.4, 0.5) is 4.39 Å². The summed E-state index contributed by atoms with van der Waals surface area (Å²) in [6.45, 7) is 0. The van der Waals surface area contributed by atoms with E-state index in [4.69, 9.17) is 22.3 Å². The van der Waals surface area contributed by atoms with Gasteiger partial charge in [0.2, 0.25) is 0 Å². The van der Waals surface area contributed by atoms with Crippen molar-refractivity contribution in [1.82, 2.24) is 0 Å². The van der Waals surface area contributed by atoms with E-state index < -0.39 is 19.8 Å². The van der Waals surface area contributed by atoms with Gasteiger partial charge < -0.3 is 4.74 Å². The first-order chi connectivity index (χ1) is 6.38. The van der Waals surface area contributed by atoms with Gasteiger partial charge in [-0.05, 0) is 12.1 Å². The van der Waals surface area contributed by atoms with E-state index in [9.17, 15) is 12.8 Å². The fourth-order valence-corrected chi connectivity index (χ4v) is 2.01. The molecule has 0 saturated carbocycles. The first-order valence-corrected chi connectivity index (χ1v) is 6.03. The first kappa shape index (κ1) is 11.6. The van der Waals surface area contributed by atoms with Crippen LogP contribution in [0, 0.1) is 5.82 Å². The third-order valence-corrected chi connectivity index (χ3v) is 3.12. The number of rotatable bonds is 2. The smallest absolute Gasteiger partial charge is 0.264 e. The predicted molar refractivity (Wildman–Crippen MR) is 51.0 cm³/mol. The Morgan fingerprint density at radius 3 is 2.43 bits per heavy atom. The van der Waals surface area contributed by atoms with Crippen LogP contribution in [-0.4, -0.2) is 15.5 Å². The molecule has 0 unspecified atom stereocenters. The molecule has 0 aromatic heterocycles. The van der Waals surface area contributed by atoms with Gasteiger partial charge >= 0.3 is 0 Å². The van der Waals surface area contributed by atoms with Crippen LogP contribution in [-0.2, 0) is 9.05 Å². The van der Waals surface area contributed by atoms with Gasteiger partial charge in [0.05, 0.1) is 12.1 Å². The van der Waals surface area contributed by atoms with Crippen molar-refractivity contribution in [1.29, 1.82) is 0 Å². The standard InChI is InChI=1S/C7H5Cl2FO3S/c1-13-7-4(8)2-3-5(6(7)10)14(9,11)12/h2-3H,1H3. The number of halogens is 3. The summed E-state index contributed by atoms with van der Waals surface area (Å²) in [5.41, 5.74) is 0. The average Bonchev–Trinajstić information content (AvgIpc) is 2.02.